The van der Waals surface area contributed by atoms with E-state index in [-0.39, 0.29) is 49.0 Å². The Morgan fingerprint density at radius 1 is 1.09 bits per heavy atom. The Morgan fingerprint density at radius 2 is 1.78 bits per heavy atom. The van der Waals surface area contributed by atoms with E-state index in [1.807, 2.05) is 4.90 Å². The van der Waals surface area contributed by atoms with Gasteiger partial charge in [-0.2, -0.15) is 26.3 Å². The fourth-order valence-electron chi connectivity index (χ4n) is 6.10. The Labute approximate surface area is 262 Å². The third-order valence-corrected chi connectivity index (χ3v) is 8.37. The molecule has 3 heterocycles. The number of alkyl halides is 6. The van der Waals surface area contributed by atoms with Crippen LogP contribution >= 0.6 is 0 Å². The zero-order chi connectivity index (χ0) is 33.2. The number of nitrogens with one attached hydrogen (secondary N) is 2. The molecule has 3 aliphatic heterocycles. The first-order valence-electron chi connectivity index (χ1n) is 15.0. The molecule has 0 aromatic heterocycles. The number of hydroxylamine groups is 2. The molecule has 1 saturated heterocycles. The van der Waals surface area contributed by atoms with E-state index in [2.05, 4.69) is 10.6 Å². The van der Waals surface area contributed by atoms with Crippen LogP contribution in [-0.2, 0) is 33.0 Å². The molecule has 3 aliphatic rings. The lowest BCUT2D eigenvalue weighted by Crippen LogP contribution is -2.51. The molecule has 46 heavy (non-hydrogen) atoms. The van der Waals surface area contributed by atoms with Gasteiger partial charge in [0.05, 0.1) is 30.3 Å². The molecule has 3 atom stereocenters. The number of ether oxygens (including phenoxy) is 2. The maximum absolute atomic E-state index is 14.5. The number of aryl methyl sites for hydroxylation is 1. The summed E-state index contributed by atoms with van der Waals surface area (Å²) in [5, 5.41) is 21.3. The molecule has 8 nitrogen and oxygen atoms in total. The molecule has 0 saturated carbocycles. The number of likely N-dealkylation sites (tertiary alicyclic amines) is 1. The highest BCUT2D eigenvalue weighted by molar-refractivity contribution is 5.73. The second-order valence-corrected chi connectivity index (χ2v) is 11.6. The van der Waals surface area contributed by atoms with E-state index in [0.29, 0.717) is 54.3 Å². The summed E-state index contributed by atoms with van der Waals surface area (Å²) in [4.78, 5) is 14.5. The van der Waals surface area contributed by atoms with Crippen molar-refractivity contribution >= 4 is 11.7 Å². The van der Waals surface area contributed by atoms with Crippen molar-refractivity contribution in [3.63, 3.8) is 0 Å². The van der Waals surface area contributed by atoms with Gasteiger partial charge in [-0.25, -0.2) is 0 Å². The number of rotatable bonds is 6. The number of benzene rings is 2. The predicted octanol–water partition coefficient (Wildman–Crippen LogP) is 5.78. The van der Waals surface area contributed by atoms with Crippen LogP contribution in [0.25, 0.3) is 5.70 Å². The van der Waals surface area contributed by atoms with Gasteiger partial charge in [-0.15, -0.1) is 0 Å². The lowest BCUT2D eigenvalue weighted by molar-refractivity contribution is -0.151. The number of nitrogens with zero attached hydrogens (tertiary/aromatic N) is 2. The lowest BCUT2D eigenvalue weighted by atomic mass is 9.92. The molecule has 1 fully saturated rings. The van der Waals surface area contributed by atoms with Crippen molar-refractivity contribution in [2.24, 2.45) is 5.92 Å². The fourth-order valence-corrected chi connectivity index (χ4v) is 6.10. The van der Waals surface area contributed by atoms with E-state index >= 15 is 0 Å². The van der Waals surface area contributed by atoms with Crippen LogP contribution in [0.1, 0.15) is 47.6 Å². The van der Waals surface area contributed by atoms with Crippen LogP contribution in [0.2, 0.25) is 0 Å². The summed E-state index contributed by atoms with van der Waals surface area (Å²) in [5.41, 5.74) is -1.48. The Balaban J connectivity index is 1.60. The van der Waals surface area contributed by atoms with Crippen molar-refractivity contribution in [3.05, 3.63) is 93.0 Å². The number of carbonyl (C=O) groups is 1. The van der Waals surface area contributed by atoms with Gasteiger partial charge in [0.1, 0.15) is 0 Å². The topological polar surface area (TPSA) is 89.1 Å². The summed E-state index contributed by atoms with van der Waals surface area (Å²) in [6.45, 7) is 4.95. The minimum Gasteiger partial charge on any atom is -0.758 e. The molecule has 2 aromatic rings. The molecule has 250 valence electrons. The SMILES string of the molecule is CCOC(=O)C1CCCN(C2/C=C(/c3ccccc3C)N([O-])C(Cc3cc(C(F)(F)F)cc(C(F)(F)F)c3)C3=C(NCNC3)O2)C1. The van der Waals surface area contributed by atoms with Gasteiger partial charge in [0.25, 0.3) is 0 Å². The van der Waals surface area contributed by atoms with Crippen LogP contribution in [0.15, 0.2) is 60.0 Å². The number of halogens is 6. The number of carbonyl (C=O) groups excluding carboxylic acids is 1. The number of hydrogen-bond acceptors (Lipinski definition) is 8. The van der Waals surface area contributed by atoms with Crippen LogP contribution in [0, 0.1) is 18.0 Å². The maximum atomic E-state index is 14.5. The average Bonchev–Trinajstić information content (AvgIpc) is 3.01. The zero-order valence-corrected chi connectivity index (χ0v) is 25.3. The molecule has 3 unspecified atom stereocenters. The summed E-state index contributed by atoms with van der Waals surface area (Å²) in [5.74, 6) is -0.533. The van der Waals surface area contributed by atoms with E-state index in [4.69, 9.17) is 9.47 Å². The van der Waals surface area contributed by atoms with Crippen molar-refractivity contribution in [1.82, 2.24) is 20.6 Å². The minimum atomic E-state index is -5.04. The maximum Gasteiger partial charge on any atom is 0.416 e. The quantitative estimate of drug-likeness (QED) is 0.300. The van der Waals surface area contributed by atoms with E-state index < -0.39 is 48.1 Å². The van der Waals surface area contributed by atoms with Gasteiger partial charge in [-0.3, -0.25) is 15.0 Å². The number of hydrogen-bond donors (Lipinski definition) is 2. The first-order valence-corrected chi connectivity index (χ1v) is 15.0. The zero-order valence-electron chi connectivity index (χ0n) is 25.3. The summed E-state index contributed by atoms with van der Waals surface area (Å²) >= 11 is 0. The van der Waals surface area contributed by atoms with Crippen LogP contribution < -0.4 is 10.6 Å². The monoisotopic (exact) mass is 653 g/mol. The number of esters is 1. The van der Waals surface area contributed by atoms with Gasteiger partial charge in [0.15, 0.2) is 12.1 Å². The largest absolute Gasteiger partial charge is 0.758 e. The van der Waals surface area contributed by atoms with Gasteiger partial charge in [-0.05, 0) is 74.1 Å². The minimum absolute atomic E-state index is 0.0690. The Morgan fingerprint density at radius 3 is 2.43 bits per heavy atom. The third-order valence-electron chi connectivity index (χ3n) is 8.37. The predicted molar refractivity (Wildman–Crippen MR) is 157 cm³/mol. The molecular weight excluding hydrogens is 618 g/mol. The lowest BCUT2D eigenvalue weighted by Gasteiger charge is -2.47. The Bertz CT molecular complexity index is 1460. The molecule has 0 amide bonds. The normalized spacial score (nSPS) is 24.2. The molecule has 0 radical (unpaired) electrons. The van der Waals surface area contributed by atoms with Gasteiger partial charge in [0, 0.05) is 36.9 Å². The summed E-state index contributed by atoms with van der Waals surface area (Å²) in [6.07, 6.45) is -8.47. The van der Waals surface area contributed by atoms with Gasteiger partial charge in [-0.1, -0.05) is 24.3 Å². The second kappa shape index (κ2) is 13.5. The molecular formula is C32H35F6N4O4-. The van der Waals surface area contributed by atoms with E-state index in [9.17, 15) is 36.3 Å². The summed E-state index contributed by atoms with van der Waals surface area (Å²) in [6, 6.07) is 7.16. The first-order chi connectivity index (χ1) is 21.8. The smallest absolute Gasteiger partial charge is 0.416 e. The van der Waals surface area contributed by atoms with Crippen molar-refractivity contribution in [2.75, 3.05) is 32.9 Å². The van der Waals surface area contributed by atoms with Crippen LogP contribution in [0.5, 0.6) is 0 Å². The first kappa shape index (κ1) is 33.6. The molecule has 0 spiro atoms. The summed E-state index contributed by atoms with van der Waals surface area (Å²) < 4.78 is 94.0. The Hall–Kier alpha value is -3.75. The highest BCUT2D eigenvalue weighted by Crippen LogP contribution is 2.39. The van der Waals surface area contributed by atoms with Gasteiger partial charge >= 0.3 is 18.3 Å². The van der Waals surface area contributed by atoms with Crippen LogP contribution in [0.4, 0.5) is 26.3 Å². The van der Waals surface area contributed by atoms with Gasteiger partial charge in [0.2, 0.25) is 0 Å². The molecule has 2 aromatic carbocycles. The van der Waals surface area contributed by atoms with E-state index in [1.54, 1.807) is 44.2 Å². The van der Waals surface area contributed by atoms with Crippen molar-refractivity contribution in [1.29, 1.82) is 0 Å². The third kappa shape index (κ3) is 7.45. The molecule has 0 aliphatic carbocycles. The number of piperidine rings is 1. The molecule has 5 rings (SSSR count). The highest BCUT2D eigenvalue weighted by atomic mass is 19.4. The summed E-state index contributed by atoms with van der Waals surface area (Å²) in [7, 11) is 0. The highest BCUT2D eigenvalue weighted by Gasteiger charge is 2.39. The standard InChI is InChI=1S/C32H35F6N4O4/c1-3-45-30(43)21-8-6-10-41(17-21)28-15-27(24-9-5-4-7-19(24)2)42(44)26(25-16-39-18-40-29(25)46-28)13-20-11-22(31(33,34)35)14-23(12-20)32(36,37)38/h4-5,7,9,11-12,14-15,21,26,28,39-40H,3,6,8,10,13,16-18H2,1-2H3/q-1/b27-15-. The van der Waals surface area contributed by atoms with E-state index in [0.717, 1.165) is 5.56 Å². The van der Waals surface area contributed by atoms with Crippen molar-refractivity contribution in [3.8, 4) is 0 Å². The van der Waals surface area contributed by atoms with Crippen molar-refractivity contribution in [2.45, 2.75) is 57.7 Å². The molecule has 0 bridgehead atoms. The molecule has 2 N–H and O–H groups in total. The Kier molecular flexibility index (Phi) is 9.89. The molecule has 14 heteroatoms. The van der Waals surface area contributed by atoms with Crippen LogP contribution in [0.3, 0.4) is 0 Å². The average molecular weight is 654 g/mol. The van der Waals surface area contributed by atoms with Gasteiger partial charge < -0.3 is 25.1 Å². The fraction of sp³-hybridized carbons (Fsp3) is 0.469. The second-order valence-electron chi connectivity index (χ2n) is 11.6. The van der Waals surface area contributed by atoms with E-state index in [1.165, 1.54) is 0 Å². The van der Waals surface area contributed by atoms with Crippen LogP contribution in [-0.4, -0.2) is 61.1 Å². The van der Waals surface area contributed by atoms with Crippen molar-refractivity contribution < 1.29 is 40.6 Å².